The van der Waals surface area contributed by atoms with Gasteiger partial charge in [-0.15, -0.1) is 0 Å². The number of benzene rings is 1. The highest BCUT2D eigenvalue weighted by atomic mass is 16.5. The summed E-state index contributed by atoms with van der Waals surface area (Å²) >= 11 is 0. The van der Waals surface area contributed by atoms with Crippen molar-refractivity contribution in [2.24, 2.45) is 0 Å². The van der Waals surface area contributed by atoms with E-state index in [1.165, 1.54) is 11.1 Å². The normalized spacial score (nSPS) is 10.2. The predicted molar refractivity (Wildman–Crippen MR) is 65.7 cm³/mol. The minimum absolute atomic E-state index is 0.0436. The summed E-state index contributed by atoms with van der Waals surface area (Å²) in [7, 11) is 0. The van der Waals surface area contributed by atoms with Gasteiger partial charge in [0.2, 0.25) is 0 Å². The Morgan fingerprint density at radius 1 is 1.18 bits per heavy atom. The van der Waals surface area contributed by atoms with E-state index in [2.05, 4.69) is 18.0 Å². The first-order chi connectivity index (χ1) is 8.29. The third-order valence-electron chi connectivity index (χ3n) is 2.62. The number of ether oxygens (including phenoxy) is 1. The molecule has 3 nitrogen and oxygen atoms in total. The molecule has 88 valence electrons. The van der Waals surface area contributed by atoms with E-state index in [9.17, 15) is 0 Å². The maximum atomic E-state index is 8.87. The predicted octanol–water partition coefficient (Wildman–Crippen LogP) is 2.46. The molecule has 1 aromatic carbocycles. The van der Waals surface area contributed by atoms with Gasteiger partial charge >= 0.3 is 0 Å². The Bertz CT molecular complexity index is 480. The standard InChI is InChI=1S/C14H15NO2/c1-11-4-2-3-5-12(11)10-17-14-7-6-13(9-16)15-8-14/h2-8,16H,9-10H2,1H3. The number of aryl methyl sites for hydroxylation is 1. The highest BCUT2D eigenvalue weighted by molar-refractivity contribution is 5.26. The van der Waals surface area contributed by atoms with E-state index in [1.807, 2.05) is 24.3 Å². The fourth-order valence-electron chi connectivity index (χ4n) is 1.52. The Labute approximate surface area is 101 Å². The average molecular weight is 229 g/mol. The Balaban J connectivity index is 2.00. The van der Waals surface area contributed by atoms with Gasteiger partial charge in [-0.05, 0) is 30.2 Å². The maximum absolute atomic E-state index is 8.87. The van der Waals surface area contributed by atoms with Gasteiger partial charge in [0.1, 0.15) is 12.4 Å². The van der Waals surface area contributed by atoms with Crippen LogP contribution in [-0.4, -0.2) is 10.1 Å². The highest BCUT2D eigenvalue weighted by Gasteiger charge is 1.99. The van der Waals surface area contributed by atoms with Gasteiger partial charge < -0.3 is 9.84 Å². The van der Waals surface area contributed by atoms with Gasteiger partial charge in [0.15, 0.2) is 0 Å². The molecule has 0 aliphatic rings. The number of hydrogen-bond donors (Lipinski definition) is 1. The maximum Gasteiger partial charge on any atom is 0.138 e. The van der Waals surface area contributed by atoms with E-state index >= 15 is 0 Å². The molecule has 0 aliphatic carbocycles. The molecule has 0 bridgehead atoms. The number of aliphatic hydroxyl groups excluding tert-OH is 1. The number of nitrogens with zero attached hydrogens (tertiary/aromatic N) is 1. The fourth-order valence-corrected chi connectivity index (χ4v) is 1.52. The minimum atomic E-state index is -0.0436. The van der Waals surface area contributed by atoms with Crippen molar-refractivity contribution in [1.82, 2.24) is 4.98 Å². The topological polar surface area (TPSA) is 42.4 Å². The van der Waals surface area contributed by atoms with Crippen molar-refractivity contribution in [2.45, 2.75) is 20.1 Å². The van der Waals surface area contributed by atoms with Crippen LogP contribution in [-0.2, 0) is 13.2 Å². The molecule has 0 saturated carbocycles. The largest absolute Gasteiger partial charge is 0.487 e. The first-order valence-electron chi connectivity index (χ1n) is 5.52. The van der Waals surface area contributed by atoms with Gasteiger partial charge in [-0.1, -0.05) is 24.3 Å². The fraction of sp³-hybridized carbons (Fsp3) is 0.214. The van der Waals surface area contributed by atoms with Crippen molar-refractivity contribution in [3.8, 4) is 5.75 Å². The van der Waals surface area contributed by atoms with E-state index in [0.29, 0.717) is 18.1 Å². The third kappa shape index (κ3) is 3.04. The molecule has 2 aromatic rings. The number of aromatic nitrogens is 1. The van der Waals surface area contributed by atoms with Crippen LogP contribution >= 0.6 is 0 Å². The summed E-state index contributed by atoms with van der Waals surface area (Å²) < 4.78 is 5.63. The van der Waals surface area contributed by atoms with Gasteiger partial charge in [-0.2, -0.15) is 0 Å². The van der Waals surface area contributed by atoms with E-state index in [1.54, 1.807) is 12.3 Å². The molecule has 1 N–H and O–H groups in total. The lowest BCUT2D eigenvalue weighted by molar-refractivity contribution is 0.275. The Morgan fingerprint density at radius 2 is 2.00 bits per heavy atom. The molecule has 17 heavy (non-hydrogen) atoms. The first kappa shape index (κ1) is 11.6. The molecule has 0 atom stereocenters. The zero-order valence-corrected chi connectivity index (χ0v) is 9.76. The highest BCUT2D eigenvalue weighted by Crippen LogP contribution is 2.14. The summed E-state index contributed by atoms with van der Waals surface area (Å²) in [4.78, 5) is 4.06. The van der Waals surface area contributed by atoms with Crippen LogP contribution in [0, 0.1) is 6.92 Å². The first-order valence-corrected chi connectivity index (χ1v) is 5.52. The molecule has 0 aliphatic heterocycles. The summed E-state index contributed by atoms with van der Waals surface area (Å²) in [5.74, 6) is 0.713. The van der Waals surface area contributed by atoms with Gasteiger partial charge in [0.25, 0.3) is 0 Å². The number of aliphatic hydroxyl groups is 1. The SMILES string of the molecule is Cc1ccccc1COc1ccc(CO)nc1. The van der Waals surface area contributed by atoms with E-state index in [4.69, 9.17) is 9.84 Å². The van der Waals surface area contributed by atoms with Crippen LogP contribution in [0.2, 0.25) is 0 Å². The van der Waals surface area contributed by atoms with Gasteiger partial charge in [0, 0.05) is 0 Å². The van der Waals surface area contributed by atoms with Crippen LogP contribution in [0.25, 0.3) is 0 Å². The molecule has 2 rings (SSSR count). The smallest absolute Gasteiger partial charge is 0.138 e. The second kappa shape index (κ2) is 5.46. The number of hydrogen-bond acceptors (Lipinski definition) is 3. The summed E-state index contributed by atoms with van der Waals surface area (Å²) in [5, 5.41) is 8.87. The van der Waals surface area contributed by atoms with Crippen molar-refractivity contribution in [3.05, 3.63) is 59.4 Å². The van der Waals surface area contributed by atoms with E-state index < -0.39 is 0 Å². The molecular weight excluding hydrogens is 214 g/mol. The van der Waals surface area contributed by atoms with Crippen molar-refractivity contribution in [3.63, 3.8) is 0 Å². The average Bonchev–Trinajstić information content (AvgIpc) is 2.38. The number of rotatable bonds is 4. The third-order valence-corrected chi connectivity index (χ3v) is 2.62. The molecule has 3 heteroatoms. The molecule has 0 amide bonds. The zero-order valence-electron chi connectivity index (χ0n) is 9.76. The minimum Gasteiger partial charge on any atom is -0.487 e. The molecule has 0 unspecified atom stereocenters. The van der Waals surface area contributed by atoms with Gasteiger partial charge in [0.05, 0.1) is 18.5 Å². The summed E-state index contributed by atoms with van der Waals surface area (Å²) in [6.07, 6.45) is 1.63. The quantitative estimate of drug-likeness (QED) is 0.875. The second-order valence-corrected chi connectivity index (χ2v) is 3.86. The zero-order chi connectivity index (χ0) is 12.1. The molecular formula is C14H15NO2. The van der Waals surface area contributed by atoms with Crippen molar-refractivity contribution in [2.75, 3.05) is 0 Å². The van der Waals surface area contributed by atoms with Crippen molar-refractivity contribution >= 4 is 0 Å². The molecule has 0 saturated heterocycles. The van der Waals surface area contributed by atoms with E-state index in [0.717, 1.165) is 0 Å². The number of pyridine rings is 1. The Hall–Kier alpha value is -1.87. The summed E-state index contributed by atoms with van der Waals surface area (Å²) in [6.45, 7) is 2.55. The molecule has 1 aromatic heterocycles. The van der Waals surface area contributed by atoms with Crippen LogP contribution in [0.4, 0.5) is 0 Å². The van der Waals surface area contributed by atoms with Crippen LogP contribution in [0.3, 0.4) is 0 Å². The lowest BCUT2D eigenvalue weighted by atomic mass is 10.1. The summed E-state index contributed by atoms with van der Waals surface area (Å²) in [6, 6.07) is 11.7. The monoisotopic (exact) mass is 229 g/mol. The van der Waals surface area contributed by atoms with Gasteiger partial charge in [-0.3, -0.25) is 4.98 Å². The lowest BCUT2D eigenvalue weighted by Gasteiger charge is -2.08. The van der Waals surface area contributed by atoms with Crippen molar-refractivity contribution < 1.29 is 9.84 Å². The molecule has 0 radical (unpaired) electrons. The molecule has 1 heterocycles. The van der Waals surface area contributed by atoms with Crippen LogP contribution in [0.15, 0.2) is 42.6 Å². The van der Waals surface area contributed by atoms with Gasteiger partial charge in [-0.25, -0.2) is 0 Å². The Kier molecular flexibility index (Phi) is 3.73. The lowest BCUT2D eigenvalue weighted by Crippen LogP contribution is -1.98. The summed E-state index contributed by atoms with van der Waals surface area (Å²) in [5.41, 5.74) is 3.03. The van der Waals surface area contributed by atoms with E-state index in [-0.39, 0.29) is 6.61 Å². The van der Waals surface area contributed by atoms with Crippen LogP contribution in [0.5, 0.6) is 5.75 Å². The van der Waals surface area contributed by atoms with Crippen LogP contribution in [0.1, 0.15) is 16.8 Å². The molecule has 0 spiro atoms. The Morgan fingerprint density at radius 3 is 2.65 bits per heavy atom. The van der Waals surface area contributed by atoms with Crippen LogP contribution < -0.4 is 4.74 Å². The second-order valence-electron chi connectivity index (χ2n) is 3.86. The molecule has 0 fully saturated rings. The van der Waals surface area contributed by atoms with Crippen molar-refractivity contribution in [1.29, 1.82) is 0 Å².